The SMILES string of the molecule is NCCc1ccc(OCCCF)c(Br)c1. The molecule has 1 aromatic rings. The van der Waals surface area contributed by atoms with Crippen LogP contribution in [0, 0.1) is 0 Å². The van der Waals surface area contributed by atoms with Gasteiger partial charge in [0.1, 0.15) is 5.75 Å². The van der Waals surface area contributed by atoms with Crippen LogP contribution in [0.4, 0.5) is 4.39 Å². The first-order valence-electron chi connectivity index (χ1n) is 4.95. The highest BCUT2D eigenvalue weighted by atomic mass is 79.9. The number of hydrogen-bond donors (Lipinski definition) is 1. The number of rotatable bonds is 6. The number of halogens is 2. The van der Waals surface area contributed by atoms with E-state index in [-0.39, 0.29) is 6.67 Å². The summed E-state index contributed by atoms with van der Waals surface area (Å²) in [7, 11) is 0. The molecule has 1 aromatic carbocycles. The predicted octanol–water partition coefficient (Wildman–Crippen LogP) is 2.69. The van der Waals surface area contributed by atoms with Crippen LogP contribution in [0.5, 0.6) is 5.75 Å². The molecular weight excluding hydrogens is 261 g/mol. The molecule has 4 heteroatoms. The van der Waals surface area contributed by atoms with E-state index in [2.05, 4.69) is 15.9 Å². The Balaban J connectivity index is 2.58. The molecule has 1 rings (SSSR count). The van der Waals surface area contributed by atoms with Gasteiger partial charge in [0.15, 0.2) is 0 Å². The summed E-state index contributed by atoms with van der Waals surface area (Å²) >= 11 is 3.41. The Hall–Kier alpha value is -0.610. The van der Waals surface area contributed by atoms with Crippen molar-refractivity contribution in [2.24, 2.45) is 5.73 Å². The lowest BCUT2D eigenvalue weighted by molar-refractivity contribution is 0.288. The van der Waals surface area contributed by atoms with Gasteiger partial charge >= 0.3 is 0 Å². The molecule has 0 radical (unpaired) electrons. The predicted molar refractivity (Wildman–Crippen MR) is 63.0 cm³/mol. The molecule has 0 bridgehead atoms. The fraction of sp³-hybridized carbons (Fsp3) is 0.455. The highest BCUT2D eigenvalue weighted by Gasteiger charge is 2.02. The number of nitrogens with two attached hydrogens (primary N) is 1. The first kappa shape index (κ1) is 12.5. The third-order valence-corrected chi connectivity index (χ3v) is 2.58. The van der Waals surface area contributed by atoms with Crippen molar-refractivity contribution in [1.29, 1.82) is 0 Å². The highest BCUT2D eigenvalue weighted by molar-refractivity contribution is 9.10. The summed E-state index contributed by atoms with van der Waals surface area (Å²) in [6.07, 6.45) is 1.28. The van der Waals surface area contributed by atoms with Gasteiger partial charge in [-0.1, -0.05) is 6.07 Å². The van der Waals surface area contributed by atoms with Crippen LogP contribution in [0.2, 0.25) is 0 Å². The first-order valence-corrected chi connectivity index (χ1v) is 5.74. The molecule has 2 N–H and O–H groups in total. The molecule has 0 aliphatic carbocycles. The van der Waals surface area contributed by atoms with Crippen LogP contribution in [0.25, 0.3) is 0 Å². The summed E-state index contributed by atoms with van der Waals surface area (Å²) in [6.45, 7) is 0.697. The molecule has 84 valence electrons. The van der Waals surface area contributed by atoms with Crippen molar-refractivity contribution in [3.05, 3.63) is 28.2 Å². The zero-order valence-electron chi connectivity index (χ0n) is 8.51. The number of benzene rings is 1. The molecule has 0 aliphatic rings. The molecule has 2 nitrogen and oxygen atoms in total. The van der Waals surface area contributed by atoms with E-state index in [1.807, 2.05) is 18.2 Å². The van der Waals surface area contributed by atoms with Crippen LogP contribution in [0.3, 0.4) is 0 Å². The molecule has 0 saturated carbocycles. The lowest BCUT2D eigenvalue weighted by atomic mass is 10.1. The van der Waals surface area contributed by atoms with Crippen molar-refractivity contribution >= 4 is 15.9 Å². The molecular formula is C11H15BrFNO. The second kappa shape index (κ2) is 6.80. The first-order chi connectivity index (χ1) is 7.27. The van der Waals surface area contributed by atoms with Gasteiger partial charge in [0, 0.05) is 6.42 Å². The van der Waals surface area contributed by atoms with E-state index < -0.39 is 0 Å². The van der Waals surface area contributed by atoms with Crippen LogP contribution < -0.4 is 10.5 Å². The summed E-state index contributed by atoms with van der Waals surface area (Å²) < 4.78 is 18.1. The smallest absolute Gasteiger partial charge is 0.133 e. The van der Waals surface area contributed by atoms with Gasteiger partial charge in [-0.25, -0.2) is 0 Å². The Morgan fingerprint density at radius 2 is 2.20 bits per heavy atom. The molecule has 0 saturated heterocycles. The normalized spacial score (nSPS) is 10.3. The summed E-state index contributed by atoms with van der Waals surface area (Å²) in [6, 6.07) is 5.84. The molecule has 0 fully saturated rings. The van der Waals surface area contributed by atoms with Crippen LogP contribution >= 0.6 is 15.9 Å². The van der Waals surface area contributed by atoms with E-state index in [9.17, 15) is 4.39 Å². The van der Waals surface area contributed by atoms with Gasteiger partial charge in [0.2, 0.25) is 0 Å². The number of alkyl halides is 1. The lowest BCUT2D eigenvalue weighted by Crippen LogP contribution is -2.03. The van der Waals surface area contributed by atoms with Gasteiger partial charge < -0.3 is 10.5 Å². The maximum absolute atomic E-state index is 11.9. The van der Waals surface area contributed by atoms with Gasteiger partial charge in [0.05, 0.1) is 17.8 Å². The van der Waals surface area contributed by atoms with Gasteiger partial charge in [-0.2, -0.15) is 0 Å². The van der Waals surface area contributed by atoms with Gasteiger partial charge in [-0.15, -0.1) is 0 Å². The fourth-order valence-electron chi connectivity index (χ4n) is 1.22. The number of hydrogen-bond acceptors (Lipinski definition) is 2. The topological polar surface area (TPSA) is 35.2 Å². The van der Waals surface area contributed by atoms with Crippen molar-refractivity contribution < 1.29 is 9.13 Å². The van der Waals surface area contributed by atoms with Crippen molar-refractivity contribution in [1.82, 2.24) is 0 Å². The average Bonchev–Trinajstić information content (AvgIpc) is 2.22. The second-order valence-electron chi connectivity index (χ2n) is 3.19. The Morgan fingerprint density at radius 3 is 2.80 bits per heavy atom. The molecule has 0 aliphatic heterocycles. The Bertz CT molecular complexity index is 307. The largest absolute Gasteiger partial charge is 0.492 e. The lowest BCUT2D eigenvalue weighted by Gasteiger charge is -2.08. The van der Waals surface area contributed by atoms with E-state index in [4.69, 9.17) is 10.5 Å². The molecule has 0 aromatic heterocycles. The van der Waals surface area contributed by atoms with E-state index in [0.717, 1.165) is 16.6 Å². The quantitative estimate of drug-likeness (QED) is 0.811. The zero-order valence-corrected chi connectivity index (χ0v) is 10.1. The van der Waals surface area contributed by atoms with E-state index in [1.54, 1.807) is 0 Å². The highest BCUT2D eigenvalue weighted by Crippen LogP contribution is 2.26. The summed E-state index contributed by atoms with van der Waals surface area (Å²) in [5.41, 5.74) is 6.63. The molecule has 0 atom stereocenters. The minimum Gasteiger partial charge on any atom is -0.492 e. The van der Waals surface area contributed by atoms with Crippen molar-refractivity contribution in [2.45, 2.75) is 12.8 Å². The molecule has 0 amide bonds. The molecule has 15 heavy (non-hydrogen) atoms. The summed E-state index contributed by atoms with van der Waals surface area (Å²) in [4.78, 5) is 0. The van der Waals surface area contributed by atoms with E-state index in [1.165, 1.54) is 5.56 Å². The van der Waals surface area contributed by atoms with Gasteiger partial charge in [0.25, 0.3) is 0 Å². The summed E-state index contributed by atoms with van der Waals surface area (Å²) in [5.74, 6) is 0.754. The van der Waals surface area contributed by atoms with Crippen molar-refractivity contribution in [2.75, 3.05) is 19.8 Å². The van der Waals surface area contributed by atoms with Crippen molar-refractivity contribution in [3.8, 4) is 5.75 Å². The van der Waals surface area contributed by atoms with Crippen LogP contribution in [0.15, 0.2) is 22.7 Å². The zero-order chi connectivity index (χ0) is 11.1. The average molecular weight is 276 g/mol. The van der Waals surface area contributed by atoms with Crippen LogP contribution in [-0.4, -0.2) is 19.8 Å². The Labute approximate surface area is 97.7 Å². The Kier molecular flexibility index (Phi) is 5.65. The maximum atomic E-state index is 11.9. The summed E-state index contributed by atoms with van der Waals surface area (Å²) in [5, 5.41) is 0. The van der Waals surface area contributed by atoms with Gasteiger partial charge in [-0.3, -0.25) is 4.39 Å². The molecule has 0 heterocycles. The third-order valence-electron chi connectivity index (χ3n) is 1.96. The van der Waals surface area contributed by atoms with E-state index >= 15 is 0 Å². The monoisotopic (exact) mass is 275 g/mol. The van der Waals surface area contributed by atoms with Crippen LogP contribution in [0.1, 0.15) is 12.0 Å². The van der Waals surface area contributed by atoms with Gasteiger partial charge in [-0.05, 0) is 46.6 Å². The standard InChI is InChI=1S/C11H15BrFNO/c12-10-8-9(4-6-14)2-3-11(10)15-7-1-5-13/h2-3,8H,1,4-7,14H2. The van der Waals surface area contributed by atoms with E-state index in [0.29, 0.717) is 19.6 Å². The number of ether oxygens (including phenoxy) is 1. The van der Waals surface area contributed by atoms with Crippen LogP contribution in [-0.2, 0) is 6.42 Å². The maximum Gasteiger partial charge on any atom is 0.133 e. The fourth-order valence-corrected chi connectivity index (χ4v) is 1.76. The Morgan fingerprint density at radius 1 is 1.40 bits per heavy atom. The minimum absolute atomic E-state index is 0.344. The van der Waals surface area contributed by atoms with Crippen molar-refractivity contribution in [3.63, 3.8) is 0 Å². The third kappa shape index (κ3) is 4.18. The molecule has 0 spiro atoms. The molecule has 0 unspecified atom stereocenters. The second-order valence-corrected chi connectivity index (χ2v) is 4.05. The minimum atomic E-state index is -0.344.